The molecule has 6 nitrogen and oxygen atoms in total. The van der Waals surface area contributed by atoms with Crippen LogP contribution in [0.3, 0.4) is 0 Å². The summed E-state index contributed by atoms with van der Waals surface area (Å²) in [4.78, 5) is 23.7. The second-order valence-electron chi connectivity index (χ2n) is 4.93. The maximum absolute atomic E-state index is 11.7. The molecule has 0 aromatic heterocycles. The number of nitrogens with zero attached hydrogens (tertiary/aromatic N) is 1. The van der Waals surface area contributed by atoms with E-state index < -0.39 is 12.1 Å². The lowest BCUT2D eigenvalue weighted by Crippen LogP contribution is -2.32. The van der Waals surface area contributed by atoms with E-state index in [0.717, 1.165) is 0 Å². The first-order valence-electron chi connectivity index (χ1n) is 5.73. The van der Waals surface area contributed by atoms with Crippen molar-refractivity contribution in [3.63, 3.8) is 0 Å². The van der Waals surface area contributed by atoms with Gasteiger partial charge in [-0.25, -0.2) is 9.59 Å². The third-order valence-corrected chi connectivity index (χ3v) is 2.85. The lowest BCUT2D eigenvalue weighted by atomic mass is 9.90. The number of ether oxygens (including phenoxy) is 2. The Hall–Kier alpha value is -1.56. The maximum Gasteiger partial charge on any atom is 0.410 e. The van der Waals surface area contributed by atoms with Crippen LogP contribution >= 0.6 is 0 Å². The third-order valence-electron chi connectivity index (χ3n) is 2.85. The molecule has 0 spiro atoms. The fraction of sp³-hybridized carbons (Fsp3) is 0.667. The van der Waals surface area contributed by atoms with Crippen LogP contribution in [0.2, 0.25) is 0 Å². The molecule has 0 aliphatic carbocycles. The molecular weight excluding hydrogens is 238 g/mol. The van der Waals surface area contributed by atoms with E-state index in [1.807, 2.05) is 13.8 Å². The molecule has 1 fully saturated rings. The summed E-state index contributed by atoms with van der Waals surface area (Å²) < 4.78 is 10.2. The monoisotopic (exact) mass is 257 g/mol. The molecule has 1 heterocycles. The Bertz CT molecular complexity index is 339. The van der Waals surface area contributed by atoms with Gasteiger partial charge < -0.3 is 19.5 Å². The molecule has 0 saturated carbocycles. The van der Waals surface area contributed by atoms with Crippen LogP contribution in [0.25, 0.3) is 0 Å². The minimum atomic E-state index is -1.02. The van der Waals surface area contributed by atoms with Gasteiger partial charge in [-0.05, 0) is 0 Å². The normalized spacial score (nSPS) is 21.7. The molecule has 1 aliphatic rings. The highest BCUT2D eigenvalue weighted by Crippen LogP contribution is 2.32. The average molecular weight is 257 g/mol. The maximum atomic E-state index is 11.7. The Morgan fingerprint density at radius 3 is 2.78 bits per heavy atom. The van der Waals surface area contributed by atoms with Gasteiger partial charge in [0.15, 0.2) is 0 Å². The molecule has 0 aromatic carbocycles. The number of carboxylic acid groups (broad SMARTS) is 1. The van der Waals surface area contributed by atoms with E-state index in [0.29, 0.717) is 13.1 Å². The zero-order chi connectivity index (χ0) is 13.8. The minimum absolute atomic E-state index is 0.163. The van der Waals surface area contributed by atoms with E-state index in [1.165, 1.54) is 11.0 Å². The number of carbonyl (C=O) groups excluding carboxylic acids is 1. The summed E-state index contributed by atoms with van der Waals surface area (Å²) in [5, 5.41) is 8.59. The highest BCUT2D eigenvalue weighted by molar-refractivity contribution is 5.69. The second-order valence-corrected chi connectivity index (χ2v) is 4.93. The molecular formula is C12H19NO5. The van der Waals surface area contributed by atoms with Gasteiger partial charge in [-0.15, -0.1) is 0 Å². The number of likely N-dealkylation sites (tertiary alicyclic amines) is 1. The molecule has 6 heteroatoms. The zero-order valence-corrected chi connectivity index (χ0v) is 10.7. The lowest BCUT2D eigenvalue weighted by molar-refractivity contribution is -0.145. The van der Waals surface area contributed by atoms with Crippen LogP contribution < -0.4 is 0 Å². The van der Waals surface area contributed by atoms with Crippen molar-refractivity contribution in [3.8, 4) is 0 Å². The molecule has 102 valence electrons. The van der Waals surface area contributed by atoms with Gasteiger partial charge in [-0.3, -0.25) is 0 Å². The Morgan fingerprint density at radius 1 is 1.56 bits per heavy atom. The number of amides is 1. The summed E-state index contributed by atoms with van der Waals surface area (Å²) in [7, 11) is 0. The van der Waals surface area contributed by atoms with Crippen molar-refractivity contribution < 1.29 is 24.2 Å². The summed E-state index contributed by atoms with van der Waals surface area (Å²) in [6, 6.07) is 0. The van der Waals surface area contributed by atoms with E-state index >= 15 is 0 Å². The summed E-state index contributed by atoms with van der Waals surface area (Å²) in [5.74, 6) is -1.02. The van der Waals surface area contributed by atoms with E-state index in [9.17, 15) is 9.59 Å². The van der Waals surface area contributed by atoms with Crippen molar-refractivity contribution in [2.45, 2.75) is 20.0 Å². The zero-order valence-electron chi connectivity index (χ0n) is 10.7. The number of hydrogen-bond donors (Lipinski definition) is 1. The van der Waals surface area contributed by atoms with Crippen LogP contribution in [0.15, 0.2) is 12.7 Å². The predicted molar refractivity (Wildman–Crippen MR) is 64.3 cm³/mol. The molecule has 1 saturated heterocycles. The smallest absolute Gasteiger partial charge is 0.410 e. The fourth-order valence-electron chi connectivity index (χ4n) is 1.92. The summed E-state index contributed by atoms with van der Waals surface area (Å²) >= 11 is 0. The third kappa shape index (κ3) is 3.73. The van der Waals surface area contributed by atoms with E-state index in [4.69, 9.17) is 14.6 Å². The Balaban J connectivity index is 2.54. The molecule has 1 amide bonds. The van der Waals surface area contributed by atoms with Gasteiger partial charge in [-0.1, -0.05) is 26.5 Å². The molecule has 1 atom stereocenters. The fourth-order valence-corrected chi connectivity index (χ4v) is 1.92. The van der Waals surface area contributed by atoms with Crippen LogP contribution in [0.4, 0.5) is 4.79 Å². The standard InChI is InChI=1S/C12H19NO5/c1-4-5-17-11(16)13-6-9(12(2,3)8-13)18-7-10(14)15/h4,9H,1,5-8H2,2-3H3,(H,14,15). The number of carboxylic acids is 1. The van der Waals surface area contributed by atoms with Crippen LogP contribution in [-0.2, 0) is 14.3 Å². The largest absolute Gasteiger partial charge is 0.480 e. The van der Waals surface area contributed by atoms with Crippen molar-refractivity contribution in [1.29, 1.82) is 0 Å². The van der Waals surface area contributed by atoms with Gasteiger partial charge in [0.25, 0.3) is 0 Å². The predicted octanol–water partition coefficient (Wildman–Crippen LogP) is 1.12. The second kappa shape index (κ2) is 5.86. The summed E-state index contributed by atoms with van der Waals surface area (Å²) in [6.07, 6.45) is 0.770. The quantitative estimate of drug-likeness (QED) is 0.747. The lowest BCUT2D eigenvalue weighted by Gasteiger charge is -2.24. The van der Waals surface area contributed by atoms with Gasteiger partial charge in [0.1, 0.15) is 13.2 Å². The van der Waals surface area contributed by atoms with Crippen molar-refractivity contribution in [2.75, 3.05) is 26.3 Å². The first-order chi connectivity index (χ1) is 8.36. The van der Waals surface area contributed by atoms with Crippen LogP contribution in [0, 0.1) is 5.41 Å². The minimum Gasteiger partial charge on any atom is -0.480 e. The van der Waals surface area contributed by atoms with Crippen LogP contribution in [0.5, 0.6) is 0 Å². The molecule has 1 unspecified atom stereocenters. The molecule has 0 aromatic rings. The van der Waals surface area contributed by atoms with Gasteiger partial charge >= 0.3 is 12.1 Å². The SMILES string of the molecule is C=CCOC(=O)N1CC(OCC(=O)O)C(C)(C)C1. The first kappa shape index (κ1) is 14.5. The van der Waals surface area contributed by atoms with E-state index in [1.54, 1.807) is 0 Å². The van der Waals surface area contributed by atoms with Gasteiger partial charge in [0, 0.05) is 12.0 Å². The van der Waals surface area contributed by atoms with Crippen LogP contribution in [0.1, 0.15) is 13.8 Å². The van der Waals surface area contributed by atoms with Gasteiger partial charge in [0.05, 0.1) is 12.6 Å². The highest BCUT2D eigenvalue weighted by atomic mass is 16.6. The number of hydrogen-bond acceptors (Lipinski definition) is 4. The van der Waals surface area contributed by atoms with E-state index in [-0.39, 0.29) is 24.7 Å². The Labute approximate surface area is 106 Å². The molecule has 18 heavy (non-hydrogen) atoms. The Kier molecular flexibility index (Phi) is 4.72. The average Bonchev–Trinajstić information content (AvgIpc) is 2.58. The molecule has 1 N–H and O–H groups in total. The number of rotatable bonds is 5. The molecule has 0 radical (unpaired) electrons. The van der Waals surface area contributed by atoms with Crippen molar-refractivity contribution >= 4 is 12.1 Å². The summed E-state index contributed by atoms with van der Waals surface area (Å²) in [5.41, 5.74) is -0.289. The van der Waals surface area contributed by atoms with Gasteiger partial charge in [0.2, 0.25) is 0 Å². The van der Waals surface area contributed by atoms with E-state index in [2.05, 4.69) is 6.58 Å². The highest BCUT2D eigenvalue weighted by Gasteiger charge is 2.42. The van der Waals surface area contributed by atoms with Crippen molar-refractivity contribution in [2.24, 2.45) is 5.41 Å². The molecule has 0 bridgehead atoms. The topological polar surface area (TPSA) is 76.1 Å². The van der Waals surface area contributed by atoms with Crippen molar-refractivity contribution in [1.82, 2.24) is 4.90 Å². The number of carbonyl (C=O) groups is 2. The number of aliphatic carboxylic acids is 1. The van der Waals surface area contributed by atoms with Crippen LogP contribution in [-0.4, -0.2) is 54.5 Å². The van der Waals surface area contributed by atoms with Crippen molar-refractivity contribution in [3.05, 3.63) is 12.7 Å². The molecule has 1 aliphatic heterocycles. The van der Waals surface area contributed by atoms with Gasteiger partial charge in [-0.2, -0.15) is 0 Å². The Morgan fingerprint density at radius 2 is 2.22 bits per heavy atom. The first-order valence-corrected chi connectivity index (χ1v) is 5.73. The molecule has 1 rings (SSSR count). The summed E-state index contributed by atoms with van der Waals surface area (Å²) in [6.45, 7) is 7.96.